The molecule has 0 saturated heterocycles. The monoisotopic (exact) mass is 180 g/mol. The highest BCUT2D eigenvalue weighted by atomic mass is 16.5. The molecular weight excluding hydrogens is 164 g/mol. The molecule has 0 amide bonds. The van der Waals surface area contributed by atoms with Crippen LogP contribution in [-0.2, 0) is 11.3 Å². The van der Waals surface area contributed by atoms with Gasteiger partial charge in [0.25, 0.3) is 0 Å². The summed E-state index contributed by atoms with van der Waals surface area (Å²) in [5.74, 6) is 0.942. The van der Waals surface area contributed by atoms with Crippen molar-refractivity contribution in [1.82, 2.24) is 0 Å². The van der Waals surface area contributed by atoms with E-state index in [2.05, 4.69) is 13.0 Å². The predicted molar refractivity (Wildman–Crippen MR) is 53.2 cm³/mol. The molecule has 0 fully saturated rings. The third-order valence-electron chi connectivity index (χ3n) is 2.15. The Labute approximate surface area is 79.5 Å². The van der Waals surface area contributed by atoms with Gasteiger partial charge in [-0.15, -0.1) is 0 Å². The molecule has 1 rings (SSSR count). The first-order chi connectivity index (χ1) is 6.19. The first kappa shape index (κ1) is 10.1. The van der Waals surface area contributed by atoms with Crippen molar-refractivity contribution in [3.63, 3.8) is 0 Å². The van der Waals surface area contributed by atoms with Crippen molar-refractivity contribution in [3.05, 3.63) is 28.8 Å². The molecule has 2 nitrogen and oxygen atoms in total. The molecule has 0 bridgehead atoms. The van der Waals surface area contributed by atoms with Gasteiger partial charge < -0.3 is 9.47 Å². The average Bonchev–Trinajstić information content (AvgIpc) is 2.11. The molecule has 0 spiro atoms. The fraction of sp³-hybridized carbons (Fsp3) is 0.455. The highest BCUT2D eigenvalue weighted by Crippen LogP contribution is 2.22. The van der Waals surface area contributed by atoms with Gasteiger partial charge in [0.15, 0.2) is 0 Å². The van der Waals surface area contributed by atoms with Crippen LogP contribution in [0.1, 0.15) is 16.7 Å². The van der Waals surface area contributed by atoms with Crippen LogP contribution >= 0.6 is 0 Å². The third kappa shape index (κ3) is 2.22. The van der Waals surface area contributed by atoms with Gasteiger partial charge in [0.1, 0.15) is 5.75 Å². The van der Waals surface area contributed by atoms with Gasteiger partial charge in [-0.25, -0.2) is 0 Å². The summed E-state index contributed by atoms with van der Waals surface area (Å²) < 4.78 is 10.3. The minimum atomic E-state index is 0.663. The summed E-state index contributed by atoms with van der Waals surface area (Å²) in [5, 5.41) is 0. The number of aryl methyl sites for hydroxylation is 2. The molecule has 0 radical (unpaired) electrons. The van der Waals surface area contributed by atoms with Gasteiger partial charge in [0, 0.05) is 7.11 Å². The van der Waals surface area contributed by atoms with Gasteiger partial charge in [0.2, 0.25) is 0 Å². The van der Waals surface area contributed by atoms with E-state index in [0.717, 1.165) is 11.3 Å². The maximum atomic E-state index is 5.22. The number of methoxy groups -OCH3 is 2. The molecule has 0 saturated carbocycles. The van der Waals surface area contributed by atoms with Gasteiger partial charge in [-0.2, -0.15) is 0 Å². The van der Waals surface area contributed by atoms with Crippen LogP contribution in [0, 0.1) is 13.8 Å². The highest BCUT2D eigenvalue weighted by molar-refractivity contribution is 5.41. The summed E-state index contributed by atoms with van der Waals surface area (Å²) in [6.07, 6.45) is 0. The zero-order chi connectivity index (χ0) is 9.84. The van der Waals surface area contributed by atoms with Crippen molar-refractivity contribution in [2.75, 3.05) is 14.2 Å². The van der Waals surface area contributed by atoms with Crippen LogP contribution < -0.4 is 4.74 Å². The van der Waals surface area contributed by atoms with Gasteiger partial charge >= 0.3 is 0 Å². The first-order valence-electron chi connectivity index (χ1n) is 4.32. The highest BCUT2D eigenvalue weighted by Gasteiger charge is 2.03. The van der Waals surface area contributed by atoms with Crippen LogP contribution in [0.25, 0.3) is 0 Å². The molecule has 0 atom stereocenters. The number of benzene rings is 1. The Bertz CT molecular complexity index is 292. The van der Waals surface area contributed by atoms with Gasteiger partial charge in [0.05, 0.1) is 13.7 Å². The standard InChI is InChI=1S/C11H16O2/c1-8-6-11(13-4)9(2)5-10(8)7-12-3/h5-6H,7H2,1-4H3. The van der Waals surface area contributed by atoms with Gasteiger partial charge in [-0.05, 0) is 42.7 Å². The van der Waals surface area contributed by atoms with E-state index in [9.17, 15) is 0 Å². The zero-order valence-corrected chi connectivity index (χ0v) is 8.68. The molecule has 1 aromatic carbocycles. The number of ether oxygens (including phenoxy) is 2. The molecule has 0 N–H and O–H groups in total. The van der Waals surface area contributed by atoms with Crippen LogP contribution in [0.2, 0.25) is 0 Å². The van der Waals surface area contributed by atoms with E-state index in [1.165, 1.54) is 11.1 Å². The zero-order valence-electron chi connectivity index (χ0n) is 8.68. The average molecular weight is 180 g/mol. The Morgan fingerprint density at radius 1 is 1.08 bits per heavy atom. The lowest BCUT2D eigenvalue weighted by atomic mass is 10.1. The quantitative estimate of drug-likeness (QED) is 0.711. The normalized spacial score (nSPS) is 10.2. The van der Waals surface area contributed by atoms with E-state index < -0.39 is 0 Å². The lowest BCUT2D eigenvalue weighted by Crippen LogP contribution is -1.95. The molecule has 72 valence electrons. The van der Waals surface area contributed by atoms with Crippen molar-refractivity contribution in [2.24, 2.45) is 0 Å². The van der Waals surface area contributed by atoms with E-state index >= 15 is 0 Å². The SMILES string of the molecule is COCc1cc(C)c(OC)cc1C. The van der Waals surface area contributed by atoms with Crippen LogP contribution in [0.3, 0.4) is 0 Å². The largest absolute Gasteiger partial charge is 0.496 e. The summed E-state index contributed by atoms with van der Waals surface area (Å²) in [6.45, 7) is 4.77. The first-order valence-corrected chi connectivity index (χ1v) is 4.32. The summed E-state index contributed by atoms with van der Waals surface area (Å²) >= 11 is 0. The van der Waals surface area contributed by atoms with Crippen LogP contribution in [0.5, 0.6) is 5.75 Å². The van der Waals surface area contributed by atoms with Crippen molar-refractivity contribution < 1.29 is 9.47 Å². The van der Waals surface area contributed by atoms with E-state index in [0.29, 0.717) is 6.61 Å². The van der Waals surface area contributed by atoms with E-state index in [-0.39, 0.29) is 0 Å². The molecule has 1 aromatic rings. The molecule has 13 heavy (non-hydrogen) atoms. The van der Waals surface area contributed by atoms with E-state index in [1.54, 1.807) is 14.2 Å². The summed E-state index contributed by atoms with van der Waals surface area (Å²) in [4.78, 5) is 0. The Kier molecular flexibility index (Phi) is 3.32. The lowest BCUT2D eigenvalue weighted by Gasteiger charge is -2.10. The molecule has 0 aromatic heterocycles. The molecule has 0 aliphatic heterocycles. The van der Waals surface area contributed by atoms with Crippen molar-refractivity contribution in [3.8, 4) is 5.75 Å². The summed E-state index contributed by atoms with van der Waals surface area (Å²) in [7, 11) is 3.40. The van der Waals surface area contributed by atoms with Gasteiger partial charge in [-0.1, -0.05) is 0 Å². The predicted octanol–water partition coefficient (Wildman–Crippen LogP) is 2.46. The number of hydrogen-bond acceptors (Lipinski definition) is 2. The number of hydrogen-bond donors (Lipinski definition) is 0. The van der Waals surface area contributed by atoms with Gasteiger partial charge in [-0.3, -0.25) is 0 Å². The second-order valence-corrected chi connectivity index (χ2v) is 3.18. The fourth-order valence-electron chi connectivity index (χ4n) is 1.38. The maximum Gasteiger partial charge on any atom is 0.122 e. The Balaban J connectivity index is 3.05. The van der Waals surface area contributed by atoms with E-state index in [1.807, 2.05) is 13.0 Å². The molecule has 0 aliphatic rings. The smallest absolute Gasteiger partial charge is 0.122 e. The molecule has 0 heterocycles. The number of rotatable bonds is 3. The van der Waals surface area contributed by atoms with E-state index in [4.69, 9.17) is 9.47 Å². The minimum Gasteiger partial charge on any atom is -0.496 e. The Morgan fingerprint density at radius 2 is 1.77 bits per heavy atom. The molecular formula is C11H16O2. The molecule has 0 aliphatic carbocycles. The second-order valence-electron chi connectivity index (χ2n) is 3.18. The van der Waals surface area contributed by atoms with Crippen LogP contribution in [0.4, 0.5) is 0 Å². The Hall–Kier alpha value is -1.02. The van der Waals surface area contributed by atoms with Crippen molar-refractivity contribution >= 4 is 0 Å². The van der Waals surface area contributed by atoms with Crippen molar-refractivity contribution in [2.45, 2.75) is 20.5 Å². The topological polar surface area (TPSA) is 18.5 Å². The second kappa shape index (κ2) is 4.28. The van der Waals surface area contributed by atoms with Crippen LogP contribution in [0.15, 0.2) is 12.1 Å². The van der Waals surface area contributed by atoms with Crippen molar-refractivity contribution in [1.29, 1.82) is 0 Å². The lowest BCUT2D eigenvalue weighted by molar-refractivity contribution is 0.184. The van der Waals surface area contributed by atoms with Crippen LogP contribution in [-0.4, -0.2) is 14.2 Å². The minimum absolute atomic E-state index is 0.663. The maximum absolute atomic E-state index is 5.22. The fourth-order valence-corrected chi connectivity index (χ4v) is 1.38. The Morgan fingerprint density at radius 3 is 2.31 bits per heavy atom. The summed E-state index contributed by atoms with van der Waals surface area (Å²) in [6, 6.07) is 4.15. The molecule has 0 unspecified atom stereocenters. The molecule has 2 heteroatoms. The summed E-state index contributed by atoms with van der Waals surface area (Å²) in [5.41, 5.74) is 3.59. The third-order valence-corrected chi connectivity index (χ3v) is 2.15.